The smallest absolute Gasteiger partial charge is 0.160 e. The number of carbonyl (C=O) groups excluding carboxylic acids is 1. The molecule has 0 spiro atoms. The Bertz CT molecular complexity index is 264. The monoisotopic (exact) mass is 178 g/mol. The molecule has 1 unspecified atom stereocenters. The highest BCUT2D eigenvalue weighted by Crippen LogP contribution is 2.29. The van der Waals surface area contributed by atoms with Gasteiger partial charge in [-0.05, 0) is 18.1 Å². The molecule has 1 atom stereocenters. The Morgan fingerprint density at radius 2 is 1.69 bits per heavy atom. The lowest BCUT2D eigenvalue weighted by Gasteiger charge is -2.10. The molecule has 13 heavy (non-hydrogen) atoms. The maximum absolute atomic E-state index is 10.3. The lowest BCUT2D eigenvalue weighted by molar-refractivity contribution is -0.125. The highest BCUT2D eigenvalue weighted by Gasteiger charge is 2.04. The number of carbonyl (C=O) groups is 1. The Morgan fingerprint density at radius 1 is 1.31 bits per heavy atom. The molecule has 0 fully saturated rings. The van der Waals surface area contributed by atoms with Crippen LogP contribution in [0.1, 0.15) is 20.3 Å². The second-order valence-corrected chi connectivity index (χ2v) is 3.07. The maximum atomic E-state index is 10.3. The van der Waals surface area contributed by atoms with Gasteiger partial charge in [-0.3, -0.25) is 4.79 Å². The van der Waals surface area contributed by atoms with E-state index in [0.717, 1.165) is 0 Å². The molecule has 2 nitrogen and oxygen atoms in total. The van der Waals surface area contributed by atoms with E-state index in [9.17, 15) is 4.79 Å². The van der Waals surface area contributed by atoms with E-state index in [1.807, 2.05) is 0 Å². The van der Waals surface area contributed by atoms with Crippen LogP contribution < -0.4 is 0 Å². The van der Waals surface area contributed by atoms with Gasteiger partial charge in [0, 0.05) is 6.42 Å². The molecule has 2 heteroatoms. The van der Waals surface area contributed by atoms with Gasteiger partial charge in [0.1, 0.15) is 6.10 Å². The number of Topliss-reactive ketones (excluding diaryl/α,β-unsaturated/α-hetero) is 1. The summed E-state index contributed by atoms with van der Waals surface area (Å²) in [7, 11) is 0. The molecule has 0 aromatic heterocycles. The van der Waals surface area contributed by atoms with E-state index in [2.05, 4.69) is 24.3 Å². The molecule has 0 radical (unpaired) electrons. The van der Waals surface area contributed by atoms with Crippen LogP contribution in [-0.2, 0) is 4.79 Å². The van der Waals surface area contributed by atoms with Crippen molar-refractivity contribution in [3.8, 4) is 11.1 Å². The number of benzene rings is 1. The van der Waals surface area contributed by atoms with Crippen molar-refractivity contribution in [3.63, 3.8) is 0 Å². The molecule has 1 N–H and O–H groups in total. The van der Waals surface area contributed by atoms with Crippen molar-refractivity contribution in [3.05, 3.63) is 24.3 Å². The van der Waals surface area contributed by atoms with Crippen LogP contribution in [0, 0.1) is 0 Å². The van der Waals surface area contributed by atoms with Gasteiger partial charge in [0.2, 0.25) is 0 Å². The maximum Gasteiger partial charge on any atom is 0.160 e. The molecule has 0 bridgehead atoms. The van der Waals surface area contributed by atoms with Gasteiger partial charge in [0.25, 0.3) is 0 Å². The van der Waals surface area contributed by atoms with E-state index in [4.69, 9.17) is 5.11 Å². The fourth-order valence-electron chi connectivity index (χ4n) is 0.958. The fraction of sp³-hybridized carbons (Fsp3) is 0.364. The summed E-state index contributed by atoms with van der Waals surface area (Å²) in [6, 6.07) is 8.48. The average Bonchev–Trinajstić information content (AvgIpc) is 2.10. The Morgan fingerprint density at radius 3 is 1.69 bits per heavy atom. The van der Waals surface area contributed by atoms with Gasteiger partial charge < -0.3 is 5.11 Å². The van der Waals surface area contributed by atoms with Gasteiger partial charge in [0.05, 0.1) is 0 Å². The number of ketones is 1. The van der Waals surface area contributed by atoms with Crippen molar-refractivity contribution in [2.45, 2.75) is 26.4 Å². The molecule has 70 valence electrons. The molecule has 2 rings (SSSR count). The Kier molecular flexibility index (Phi) is 3.20. The summed E-state index contributed by atoms with van der Waals surface area (Å²) in [5.74, 6) is -0.0972. The first kappa shape index (κ1) is 9.93. The zero-order chi connectivity index (χ0) is 9.84. The number of fused-ring (bicyclic) bond motifs is 1. The highest BCUT2D eigenvalue weighted by molar-refractivity contribution is 5.81. The fourth-order valence-corrected chi connectivity index (χ4v) is 0.958. The summed E-state index contributed by atoms with van der Waals surface area (Å²) < 4.78 is 0. The lowest BCUT2D eigenvalue weighted by atomic mass is 9.95. The van der Waals surface area contributed by atoms with Crippen LogP contribution in [0.4, 0.5) is 0 Å². The molecular formula is C11H14O2. The summed E-state index contributed by atoms with van der Waals surface area (Å²) in [6.07, 6.45) is -0.345. The number of aliphatic hydroxyl groups is 1. The lowest BCUT2D eigenvalue weighted by Crippen LogP contribution is -2.13. The largest absolute Gasteiger partial charge is 0.386 e. The third-order valence-electron chi connectivity index (χ3n) is 2.03. The van der Waals surface area contributed by atoms with E-state index in [1.165, 1.54) is 18.1 Å². The van der Waals surface area contributed by atoms with Crippen LogP contribution in [0.15, 0.2) is 24.3 Å². The summed E-state index contributed by atoms with van der Waals surface area (Å²) >= 11 is 0. The summed E-state index contributed by atoms with van der Waals surface area (Å²) in [5, 5.41) is 8.47. The molecule has 2 aliphatic rings. The molecular weight excluding hydrogens is 164 g/mol. The summed E-state index contributed by atoms with van der Waals surface area (Å²) in [6.45, 7) is 3.21. The predicted octanol–water partition coefficient (Wildman–Crippen LogP) is 2.01. The van der Waals surface area contributed by atoms with E-state index in [1.54, 1.807) is 6.92 Å². The van der Waals surface area contributed by atoms with Gasteiger partial charge in [-0.25, -0.2) is 0 Å². The summed E-state index contributed by atoms with van der Waals surface area (Å²) in [5.41, 5.74) is 2.85. The van der Waals surface area contributed by atoms with Crippen LogP contribution >= 0.6 is 0 Å². The van der Waals surface area contributed by atoms with Crippen molar-refractivity contribution >= 4 is 5.78 Å². The van der Waals surface area contributed by atoms with Gasteiger partial charge >= 0.3 is 0 Å². The Labute approximate surface area is 78.2 Å². The topological polar surface area (TPSA) is 37.3 Å². The molecule has 0 aromatic carbocycles. The van der Waals surface area contributed by atoms with Crippen molar-refractivity contribution in [2.24, 2.45) is 0 Å². The van der Waals surface area contributed by atoms with Crippen LogP contribution in [-0.4, -0.2) is 17.0 Å². The third-order valence-corrected chi connectivity index (χ3v) is 2.03. The van der Waals surface area contributed by atoms with Gasteiger partial charge in [-0.2, -0.15) is 0 Å². The standard InChI is InChI=1S/C6H4.C5H10O2/c1-2-6-4-3-5(1)6;1-3-5(7)4(2)6/h1-4H;4,6H,3H2,1-2H3. The van der Waals surface area contributed by atoms with Crippen molar-refractivity contribution in [1.29, 1.82) is 0 Å². The SMILES string of the molecule is CCC(=O)C(C)O.c1cc2ccc1-2. The van der Waals surface area contributed by atoms with Crippen molar-refractivity contribution < 1.29 is 9.90 Å². The van der Waals surface area contributed by atoms with Gasteiger partial charge in [-0.15, -0.1) is 0 Å². The second kappa shape index (κ2) is 4.19. The molecule has 2 aliphatic carbocycles. The van der Waals surface area contributed by atoms with Crippen LogP contribution in [0.2, 0.25) is 0 Å². The van der Waals surface area contributed by atoms with E-state index >= 15 is 0 Å². The first-order valence-corrected chi connectivity index (χ1v) is 4.46. The minimum absolute atomic E-state index is 0.0972. The van der Waals surface area contributed by atoms with E-state index < -0.39 is 6.10 Å². The molecule has 0 aliphatic heterocycles. The van der Waals surface area contributed by atoms with Gasteiger partial charge in [0.15, 0.2) is 5.78 Å². The molecule has 0 amide bonds. The number of aliphatic hydroxyl groups excluding tert-OH is 1. The van der Waals surface area contributed by atoms with Gasteiger partial charge in [-0.1, -0.05) is 31.2 Å². The molecule has 0 saturated carbocycles. The van der Waals surface area contributed by atoms with Crippen LogP contribution in [0.5, 0.6) is 0 Å². The minimum atomic E-state index is -0.773. The molecule has 0 saturated heterocycles. The van der Waals surface area contributed by atoms with Crippen molar-refractivity contribution in [1.82, 2.24) is 0 Å². The predicted molar refractivity (Wildman–Crippen MR) is 52.4 cm³/mol. The second-order valence-electron chi connectivity index (χ2n) is 3.07. The van der Waals surface area contributed by atoms with Crippen molar-refractivity contribution in [2.75, 3.05) is 0 Å². The first-order valence-electron chi connectivity index (χ1n) is 4.46. The highest BCUT2D eigenvalue weighted by atomic mass is 16.3. The number of hydrogen-bond donors (Lipinski definition) is 1. The van der Waals surface area contributed by atoms with E-state index in [-0.39, 0.29) is 5.78 Å². The Hall–Kier alpha value is -1.15. The summed E-state index contributed by atoms with van der Waals surface area (Å²) in [4.78, 5) is 10.3. The number of hydrogen-bond acceptors (Lipinski definition) is 2. The third kappa shape index (κ3) is 2.39. The average molecular weight is 178 g/mol. The quantitative estimate of drug-likeness (QED) is 0.763. The zero-order valence-corrected chi connectivity index (χ0v) is 7.95. The zero-order valence-electron chi connectivity index (χ0n) is 7.95. The minimum Gasteiger partial charge on any atom is -0.386 e. The first-order chi connectivity index (χ1) is 6.15. The van der Waals surface area contributed by atoms with Crippen LogP contribution in [0.3, 0.4) is 0 Å². The normalized spacial score (nSPS) is 12.5. The molecule has 0 aromatic rings. The Balaban J connectivity index is 0.000000130. The number of rotatable bonds is 2. The molecule has 0 heterocycles. The van der Waals surface area contributed by atoms with Crippen LogP contribution in [0.25, 0.3) is 11.1 Å². The van der Waals surface area contributed by atoms with E-state index in [0.29, 0.717) is 6.42 Å².